The molecule has 38 heavy (non-hydrogen) atoms. The zero-order chi connectivity index (χ0) is 27.3. The molecular weight excluding hydrogens is 498 g/mol. The van der Waals surface area contributed by atoms with E-state index in [1.165, 1.54) is 29.2 Å². The van der Waals surface area contributed by atoms with E-state index in [2.05, 4.69) is 23.7 Å². The molecule has 1 amide bonds. The van der Waals surface area contributed by atoms with E-state index in [-0.39, 0.29) is 17.0 Å². The normalized spacial score (nSPS) is 14.4. The van der Waals surface area contributed by atoms with Gasteiger partial charge in [-0.1, -0.05) is 19.9 Å². The fraction of sp³-hybridized carbons (Fsp3) is 0.310. The van der Waals surface area contributed by atoms with Crippen LogP contribution in [-0.2, 0) is 11.0 Å². The molecule has 0 saturated heterocycles. The Kier molecular flexibility index (Phi) is 8.46. The summed E-state index contributed by atoms with van der Waals surface area (Å²) in [4.78, 5) is 21.4. The molecule has 0 aliphatic carbocycles. The highest BCUT2D eigenvalue weighted by Crippen LogP contribution is 2.38. The van der Waals surface area contributed by atoms with Crippen molar-refractivity contribution in [1.82, 2.24) is 4.90 Å². The lowest BCUT2D eigenvalue weighted by Crippen LogP contribution is -2.26. The van der Waals surface area contributed by atoms with Crippen molar-refractivity contribution >= 4 is 28.7 Å². The Morgan fingerprint density at radius 1 is 0.974 bits per heavy atom. The van der Waals surface area contributed by atoms with E-state index >= 15 is 0 Å². The summed E-state index contributed by atoms with van der Waals surface area (Å²) >= 11 is 0. The molecule has 3 aromatic carbocycles. The van der Waals surface area contributed by atoms with Gasteiger partial charge < -0.3 is 9.64 Å². The first-order valence-corrected chi connectivity index (χ1v) is 12.6. The van der Waals surface area contributed by atoms with Crippen molar-refractivity contribution in [2.24, 2.45) is 4.99 Å². The minimum absolute atomic E-state index is 0.0513. The summed E-state index contributed by atoms with van der Waals surface area (Å²) in [5.41, 5.74) is 0.0389. The monoisotopic (exact) mass is 527 g/mol. The topological polar surface area (TPSA) is 45.1 Å². The average molecular weight is 528 g/mol. The molecule has 1 aliphatic heterocycles. The summed E-state index contributed by atoms with van der Waals surface area (Å²) in [6, 6.07) is 15.1. The summed E-state index contributed by atoms with van der Waals surface area (Å²) < 4.78 is 59.5. The average Bonchev–Trinajstić information content (AvgIpc) is 3.16. The number of carbonyl (C=O) groups is 1. The van der Waals surface area contributed by atoms with E-state index < -0.39 is 23.5 Å². The minimum atomic E-state index is -4.55. The van der Waals surface area contributed by atoms with Crippen molar-refractivity contribution < 1.29 is 27.1 Å². The third-order valence-electron chi connectivity index (χ3n) is 6.24. The summed E-state index contributed by atoms with van der Waals surface area (Å²) in [6.07, 6.45) is -2.57. The second kappa shape index (κ2) is 11.8. The fourth-order valence-corrected chi connectivity index (χ4v) is 4.38. The van der Waals surface area contributed by atoms with Gasteiger partial charge in [0, 0.05) is 17.8 Å². The predicted octanol–water partition coefficient (Wildman–Crippen LogP) is 7.14. The maximum absolute atomic E-state index is 14.1. The van der Waals surface area contributed by atoms with Crippen molar-refractivity contribution in [2.75, 3.05) is 31.1 Å². The maximum Gasteiger partial charge on any atom is 0.416 e. The van der Waals surface area contributed by atoms with Crippen LogP contribution >= 0.6 is 0 Å². The predicted molar refractivity (Wildman–Crippen MR) is 140 cm³/mol. The van der Waals surface area contributed by atoms with Crippen LogP contribution in [0.15, 0.2) is 71.7 Å². The van der Waals surface area contributed by atoms with Gasteiger partial charge in [0.05, 0.1) is 23.5 Å². The molecule has 1 heterocycles. The molecule has 5 nitrogen and oxygen atoms in total. The van der Waals surface area contributed by atoms with Gasteiger partial charge in [-0.15, -0.1) is 0 Å². The maximum atomic E-state index is 14.1. The Bertz CT molecular complexity index is 1310. The first-order chi connectivity index (χ1) is 18.2. The third kappa shape index (κ3) is 6.22. The molecule has 0 bridgehead atoms. The third-order valence-corrected chi connectivity index (χ3v) is 6.24. The molecule has 0 radical (unpaired) electrons. The van der Waals surface area contributed by atoms with Gasteiger partial charge in [0.25, 0.3) is 5.91 Å². The van der Waals surface area contributed by atoms with Crippen LogP contribution < -0.4 is 9.64 Å². The molecule has 0 atom stereocenters. The van der Waals surface area contributed by atoms with Crippen molar-refractivity contribution in [2.45, 2.75) is 32.9 Å². The molecule has 0 spiro atoms. The number of hydrogen-bond donors (Lipinski definition) is 0. The summed E-state index contributed by atoms with van der Waals surface area (Å²) in [7, 11) is 0. The van der Waals surface area contributed by atoms with Crippen molar-refractivity contribution in [3.63, 3.8) is 0 Å². The molecule has 1 aliphatic rings. The summed E-state index contributed by atoms with van der Waals surface area (Å²) in [5.74, 6) is -0.497. The molecule has 0 aromatic heterocycles. The second-order valence-corrected chi connectivity index (χ2v) is 8.94. The van der Waals surface area contributed by atoms with Crippen LogP contribution in [0.2, 0.25) is 0 Å². The van der Waals surface area contributed by atoms with Crippen LogP contribution in [0.25, 0.3) is 0 Å². The number of hydrogen-bond acceptors (Lipinski definition) is 4. The zero-order valence-electron chi connectivity index (χ0n) is 21.3. The summed E-state index contributed by atoms with van der Waals surface area (Å²) in [6.45, 7) is 7.85. The van der Waals surface area contributed by atoms with E-state index in [4.69, 9.17) is 4.74 Å². The van der Waals surface area contributed by atoms with Gasteiger partial charge in [-0.25, -0.2) is 9.38 Å². The quantitative estimate of drug-likeness (QED) is 0.208. The number of aliphatic imine (C=N–C) groups is 1. The van der Waals surface area contributed by atoms with E-state index in [1.54, 1.807) is 24.3 Å². The molecule has 200 valence electrons. The van der Waals surface area contributed by atoms with Crippen molar-refractivity contribution in [3.05, 3.63) is 83.7 Å². The van der Waals surface area contributed by atoms with Gasteiger partial charge in [0.15, 0.2) is 0 Å². The number of ether oxygens (including phenoxy) is 1. The fourth-order valence-electron chi connectivity index (χ4n) is 4.38. The van der Waals surface area contributed by atoms with Gasteiger partial charge in [0.1, 0.15) is 17.3 Å². The Labute approximate surface area is 219 Å². The molecule has 3 aromatic rings. The highest BCUT2D eigenvalue weighted by Gasteiger charge is 2.36. The highest BCUT2D eigenvalue weighted by molar-refractivity contribution is 6.56. The van der Waals surface area contributed by atoms with Gasteiger partial charge in [-0.05, 0) is 86.6 Å². The Morgan fingerprint density at radius 2 is 1.74 bits per heavy atom. The van der Waals surface area contributed by atoms with Gasteiger partial charge in [-0.2, -0.15) is 13.2 Å². The highest BCUT2D eigenvalue weighted by atomic mass is 19.4. The molecule has 9 heteroatoms. The number of amides is 1. The van der Waals surface area contributed by atoms with Crippen molar-refractivity contribution in [1.29, 1.82) is 0 Å². The first-order valence-electron chi connectivity index (χ1n) is 12.6. The lowest BCUT2D eigenvalue weighted by atomic mass is 10.1. The summed E-state index contributed by atoms with van der Waals surface area (Å²) in [5, 5.41) is 0. The van der Waals surface area contributed by atoms with Crippen LogP contribution in [-0.4, -0.2) is 42.8 Å². The number of fused-ring (bicyclic) bond motifs is 1. The van der Waals surface area contributed by atoms with Crippen LogP contribution in [0.5, 0.6) is 5.75 Å². The lowest BCUT2D eigenvalue weighted by molar-refractivity contribution is -0.137. The minimum Gasteiger partial charge on any atom is -0.494 e. The Morgan fingerprint density at radius 3 is 2.42 bits per heavy atom. The number of rotatable bonds is 10. The Hall–Kier alpha value is -3.72. The van der Waals surface area contributed by atoms with Crippen molar-refractivity contribution in [3.8, 4) is 5.75 Å². The molecule has 0 fully saturated rings. The van der Waals surface area contributed by atoms with Crippen LogP contribution in [0.4, 0.5) is 34.6 Å². The second-order valence-electron chi connectivity index (χ2n) is 8.94. The van der Waals surface area contributed by atoms with Gasteiger partial charge >= 0.3 is 6.18 Å². The zero-order valence-corrected chi connectivity index (χ0v) is 21.3. The van der Waals surface area contributed by atoms with Crippen LogP contribution in [0.3, 0.4) is 0 Å². The molecule has 4 rings (SSSR count). The number of anilines is 2. The molecule has 0 saturated carbocycles. The molecular formula is C29H29F4N3O2. The lowest BCUT2D eigenvalue weighted by Gasteiger charge is -2.19. The number of halogens is 4. The van der Waals surface area contributed by atoms with E-state index in [1.807, 2.05) is 0 Å². The molecule has 0 unspecified atom stereocenters. The van der Waals surface area contributed by atoms with Gasteiger partial charge in [-0.3, -0.25) is 9.69 Å². The van der Waals surface area contributed by atoms with Gasteiger partial charge in [0.2, 0.25) is 0 Å². The number of carbonyl (C=O) groups excluding carboxylic acids is 1. The van der Waals surface area contributed by atoms with E-state index in [0.717, 1.165) is 50.7 Å². The van der Waals surface area contributed by atoms with Crippen LogP contribution in [0, 0.1) is 5.82 Å². The first kappa shape index (κ1) is 27.3. The number of alkyl halides is 3. The number of nitrogens with zero attached hydrogens (tertiary/aromatic N) is 3. The number of benzene rings is 3. The smallest absolute Gasteiger partial charge is 0.416 e. The Balaban J connectivity index is 1.54. The van der Waals surface area contributed by atoms with E-state index in [9.17, 15) is 22.4 Å². The largest absolute Gasteiger partial charge is 0.494 e. The van der Waals surface area contributed by atoms with Crippen LogP contribution in [0.1, 0.15) is 37.8 Å². The molecule has 0 N–H and O–H groups in total. The SMILES string of the molecule is CCCN(CC)CCCOc1ccc(N2C(=O)C(=Nc3cccc(C(F)(F)F)c3)c3cc(F)ccc32)cc1. The van der Waals surface area contributed by atoms with E-state index in [0.29, 0.717) is 23.7 Å². The standard InChI is InChI=1S/C29H29F4N3O2/c1-3-15-35(4-2)16-6-17-38-24-12-10-23(11-13-24)36-26-14-9-21(30)19-25(26)27(28(36)37)34-22-8-5-7-20(18-22)29(31,32)33/h5,7-14,18-19H,3-4,6,15-17H2,1-2H3.